The van der Waals surface area contributed by atoms with Gasteiger partial charge in [0.25, 0.3) is 0 Å². The van der Waals surface area contributed by atoms with Crippen molar-refractivity contribution in [2.45, 2.75) is 26.4 Å². The normalized spacial score (nSPS) is 12.1. The van der Waals surface area contributed by atoms with Gasteiger partial charge in [-0.2, -0.15) is 0 Å². The van der Waals surface area contributed by atoms with Gasteiger partial charge in [-0.05, 0) is 37.1 Å². The first kappa shape index (κ1) is 15.2. The number of carbonyl (C=O) groups excluding carboxylic acids is 1. The fourth-order valence-corrected chi connectivity index (χ4v) is 2.29. The van der Waals surface area contributed by atoms with E-state index in [0.29, 0.717) is 12.1 Å². The minimum Gasteiger partial charge on any atom is -0.366 e. The van der Waals surface area contributed by atoms with Crippen LogP contribution in [0.25, 0.3) is 0 Å². The minimum atomic E-state index is -0.623. The van der Waals surface area contributed by atoms with E-state index in [0.717, 1.165) is 0 Å². The highest BCUT2D eigenvalue weighted by Crippen LogP contribution is 2.18. The average Bonchev–Trinajstić information content (AvgIpc) is 2.46. The van der Waals surface area contributed by atoms with Gasteiger partial charge in [-0.25, -0.2) is 4.39 Å². The van der Waals surface area contributed by atoms with E-state index in [9.17, 15) is 9.18 Å². The van der Waals surface area contributed by atoms with Gasteiger partial charge < -0.3 is 11.1 Å². The average molecular weight is 286 g/mol. The number of nitrogens with one attached hydrogen (secondary N) is 1. The molecule has 2 aromatic rings. The Labute approximate surface area is 124 Å². The van der Waals surface area contributed by atoms with Crippen LogP contribution in [0.15, 0.2) is 42.5 Å². The summed E-state index contributed by atoms with van der Waals surface area (Å²) in [6, 6.07) is 12.5. The van der Waals surface area contributed by atoms with Gasteiger partial charge in [-0.1, -0.05) is 30.3 Å². The molecule has 2 rings (SSSR count). The molecular formula is C17H19FN2O. The van der Waals surface area contributed by atoms with Gasteiger partial charge in [0.2, 0.25) is 5.91 Å². The van der Waals surface area contributed by atoms with E-state index in [1.54, 1.807) is 12.1 Å². The summed E-state index contributed by atoms with van der Waals surface area (Å²) in [5.74, 6) is -1.04. The lowest BCUT2D eigenvalue weighted by atomic mass is 10.0. The molecule has 2 aromatic carbocycles. The predicted octanol–water partition coefficient (Wildman–Crippen LogP) is 3.08. The topological polar surface area (TPSA) is 55.1 Å². The number of amides is 1. The fraction of sp³-hybridized carbons (Fsp3) is 0.235. The van der Waals surface area contributed by atoms with Crippen LogP contribution in [-0.2, 0) is 6.54 Å². The molecule has 1 amide bonds. The molecule has 3 nitrogen and oxygen atoms in total. The van der Waals surface area contributed by atoms with Crippen LogP contribution in [0.3, 0.4) is 0 Å². The lowest BCUT2D eigenvalue weighted by molar-refractivity contribution is 0.1000. The number of rotatable bonds is 5. The molecule has 0 unspecified atom stereocenters. The Morgan fingerprint density at radius 1 is 1.29 bits per heavy atom. The van der Waals surface area contributed by atoms with Gasteiger partial charge in [-0.15, -0.1) is 0 Å². The van der Waals surface area contributed by atoms with Gasteiger partial charge in [0.1, 0.15) is 5.82 Å². The molecule has 0 aliphatic carbocycles. The Balaban J connectivity index is 2.06. The molecular weight excluding hydrogens is 267 g/mol. The van der Waals surface area contributed by atoms with Crippen LogP contribution in [0.5, 0.6) is 0 Å². The second kappa shape index (κ2) is 6.50. The van der Waals surface area contributed by atoms with Crippen molar-refractivity contribution in [3.05, 3.63) is 70.5 Å². The van der Waals surface area contributed by atoms with Crippen molar-refractivity contribution >= 4 is 5.91 Å². The second-order valence-electron chi connectivity index (χ2n) is 5.13. The van der Waals surface area contributed by atoms with E-state index in [1.807, 2.05) is 19.1 Å². The molecule has 0 saturated heterocycles. The quantitative estimate of drug-likeness (QED) is 0.887. The zero-order valence-electron chi connectivity index (χ0n) is 12.2. The molecule has 0 bridgehead atoms. The Hall–Kier alpha value is -2.20. The summed E-state index contributed by atoms with van der Waals surface area (Å²) < 4.78 is 13.9. The smallest absolute Gasteiger partial charge is 0.248 e. The van der Waals surface area contributed by atoms with Crippen LogP contribution in [0.2, 0.25) is 0 Å². The summed E-state index contributed by atoms with van der Waals surface area (Å²) in [4.78, 5) is 11.0. The summed E-state index contributed by atoms with van der Waals surface area (Å²) in [5, 5.41) is 3.29. The molecule has 21 heavy (non-hydrogen) atoms. The maximum atomic E-state index is 13.9. The third kappa shape index (κ3) is 3.67. The monoisotopic (exact) mass is 286 g/mol. The molecule has 4 heteroatoms. The first-order valence-corrected chi connectivity index (χ1v) is 6.86. The highest BCUT2D eigenvalue weighted by atomic mass is 19.1. The molecule has 0 saturated carbocycles. The van der Waals surface area contributed by atoms with Gasteiger partial charge in [0.15, 0.2) is 0 Å². The van der Waals surface area contributed by atoms with Crippen molar-refractivity contribution in [3.63, 3.8) is 0 Å². The predicted molar refractivity (Wildman–Crippen MR) is 81.4 cm³/mol. The first-order chi connectivity index (χ1) is 9.99. The van der Waals surface area contributed by atoms with Crippen LogP contribution in [-0.4, -0.2) is 5.91 Å². The summed E-state index contributed by atoms with van der Waals surface area (Å²) >= 11 is 0. The van der Waals surface area contributed by atoms with E-state index >= 15 is 0 Å². The zero-order valence-corrected chi connectivity index (χ0v) is 12.2. The SMILES string of the molecule is Cc1ccccc1[C@@H](C)NCc1ccc(C(N)=O)cc1F. The molecule has 0 aromatic heterocycles. The molecule has 0 radical (unpaired) electrons. The van der Waals surface area contributed by atoms with Crippen molar-refractivity contribution in [1.29, 1.82) is 0 Å². The van der Waals surface area contributed by atoms with Crippen LogP contribution in [0.4, 0.5) is 4.39 Å². The fourth-order valence-electron chi connectivity index (χ4n) is 2.29. The zero-order chi connectivity index (χ0) is 15.4. The van der Waals surface area contributed by atoms with Gasteiger partial charge >= 0.3 is 0 Å². The van der Waals surface area contributed by atoms with Crippen molar-refractivity contribution in [3.8, 4) is 0 Å². The third-order valence-electron chi connectivity index (χ3n) is 3.59. The molecule has 0 aliphatic rings. The second-order valence-corrected chi connectivity index (χ2v) is 5.13. The number of aryl methyl sites for hydroxylation is 1. The molecule has 1 atom stereocenters. The summed E-state index contributed by atoms with van der Waals surface area (Å²) in [6.45, 7) is 4.48. The molecule has 0 aliphatic heterocycles. The summed E-state index contributed by atoms with van der Waals surface area (Å²) in [6.07, 6.45) is 0. The lowest BCUT2D eigenvalue weighted by Crippen LogP contribution is -2.20. The van der Waals surface area contributed by atoms with E-state index in [1.165, 1.54) is 17.2 Å². The number of halogens is 1. The number of hydrogen-bond acceptors (Lipinski definition) is 2. The molecule has 110 valence electrons. The van der Waals surface area contributed by atoms with Crippen LogP contribution < -0.4 is 11.1 Å². The van der Waals surface area contributed by atoms with Crippen molar-refractivity contribution < 1.29 is 9.18 Å². The Kier molecular flexibility index (Phi) is 4.70. The van der Waals surface area contributed by atoms with E-state index in [4.69, 9.17) is 5.73 Å². The van der Waals surface area contributed by atoms with Crippen LogP contribution in [0.1, 0.15) is 40.0 Å². The van der Waals surface area contributed by atoms with Crippen LogP contribution >= 0.6 is 0 Å². The maximum absolute atomic E-state index is 13.9. The van der Waals surface area contributed by atoms with Crippen molar-refractivity contribution in [2.24, 2.45) is 5.73 Å². The van der Waals surface area contributed by atoms with E-state index in [2.05, 4.69) is 24.4 Å². The highest BCUT2D eigenvalue weighted by molar-refractivity contribution is 5.92. The Morgan fingerprint density at radius 3 is 2.62 bits per heavy atom. The van der Waals surface area contributed by atoms with Gasteiger partial charge in [0.05, 0.1) is 0 Å². The summed E-state index contributed by atoms with van der Waals surface area (Å²) in [7, 11) is 0. The Morgan fingerprint density at radius 2 is 2.00 bits per heavy atom. The molecule has 3 N–H and O–H groups in total. The number of nitrogens with two attached hydrogens (primary N) is 1. The highest BCUT2D eigenvalue weighted by Gasteiger charge is 2.10. The minimum absolute atomic E-state index is 0.112. The van der Waals surface area contributed by atoms with Crippen molar-refractivity contribution in [1.82, 2.24) is 5.32 Å². The van der Waals surface area contributed by atoms with Crippen molar-refractivity contribution in [2.75, 3.05) is 0 Å². The summed E-state index contributed by atoms with van der Waals surface area (Å²) in [5.41, 5.74) is 8.21. The number of primary amides is 1. The van der Waals surface area contributed by atoms with Gasteiger partial charge in [0, 0.05) is 23.7 Å². The third-order valence-corrected chi connectivity index (χ3v) is 3.59. The largest absolute Gasteiger partial charge is 0.366 e. The van der Waals surface area contributed by atoms with E-state index < -0.39 is 11.7 Å². The standard InChI is InChI=1S/C17H19FN2O/c1-11-5-3-4-6-15(11)12(2)20-10-14-8-7-13(17(19)21)9-16(14)18/h3-9,12,20H,10H2,1-2H3,(H2,19,21)/t12-/m1/s1. The molecule has 0 spiro atoms. The van der Waals surface area contributed by atoms with Crippen LogP contribution in [0, 0.1) is 12.7 Å². The number of benzene rings is 2. The Bertz CT molecular complexity index is 655. The lowest BCUT2D eigenvalue weighted by Gasteiger charge is -2.17. The number of carbonyl (C=O) groups is 1. The van der Waals surface area contributed by atoms with Gasteiger partial charge in [-0.3, -0.25) is 4.79 Å². The first-order valence-electron chi connectivity index (χ1n) is 6.86. The molecule has 0 heterocycles. The molecule has 0 fully saturated rings. The number of hydrogen-bond donors (Lipinski definition) is 2. The van der Waals surface area contributed by atoms with E-state index in [-0.39, 0.29) is 11.6 Å². The maximum Gasteiger partial charge on any atom is 0.248 e.